The minimum absolute atomic E-state index is 0.343. The molecule has 0 saturated carbocycles. The molecule has 112 valence electrons. The van der Waals surface area contributed by atoms with Crippen molar-refractivity contribution in [3.63, 3.8) is 0 Å². The van der Waals surface area contributed by atoms with Crippen LogP contribution in [0.2, 0.25) is 0 Å². The summed E-state index contributed by atoms with van der Waals surface area (Å²) >= 11 is 0. The van der Waals surface area contributed by atoms with Crippen molar-refractivity contribution in [2.24, 2.45) is 0 Å². The van der Waals surface area contributed by atoms with Crippen molar-refractivity contribution in [1.82, 2.24) is 10.2 Å². The molecule has 1 saturated heterocycles. The Morgan fingerprint density at radius 1 is 1.37 bits per heavy atom. The maximum Gasteiger partial charge on any atom is 0.401 e. The molecule has 0 aliphatic carbocycles. The van der Waals surface area contributed by atoms with Gasteiger partial charge in [-0.1, -0.05) is 6.92 Å². The summed E-state index contributed by atoms with van der Waals surface area (Å²) in [5, 5.41) is 2.36. The summed E-state index contributed by atoms with van der Waals surface area (Å²) in [5.74, 6) is -0.604. The van der Waals surface area contributed by atoms with Crippen molar-refractivity contribution >= 4 is 5.97 Å². The lowest BCUT2D eigenvalue weighted by atomic mass is 9.87. The molecule has 0 aromatic heterocycles. The number of carbonyl (C=O) groups excluding carboxylic acids is 1. The fraction of sp³-hybridized carbons (Fsp3) is 0.917. The van der Waals surface area contributed by atoms with Crippen molar-refractivity contribution in [3.8, 4) is 0 Å². The van der Waals surface area contributed by atoms with Crippen LogP contribution in [0.4, 0.5) is 13.2 Å². The number of piperidine rings is 1. The van der Waals surface area contributed by atoms with Crippen LogP contribution in [0.15, 0.2) is 0 Å². The molecule has 0 amide bonds. The van der Waals surface area contributed by atoms with Gasteiger partial charge in [-0.05, 0) is 25.8 Å². The van der Waals surface area contributed by atoms with Gasteiger partial charge in [-0.2, -0.15) is 13.2 Å². The molecule has 0 radical (unpaired) electrons. The molecule has 4 nitrogen and oxygen atoms in total. The second-order valence-electron chi connectivity index (χ2n) is 4.88. The quantitative estimate of drug-likeness (QED) is 0.777. The number of likely N-dealkylation sites (tertiary alicyclic amines) is 1. The van der Waals surface area contributed by atoms with E-state index < -0.39 is 24.2 Å². The average Bonchev–Trinajstić information content (AvgIpc) is 2.37. The normalized spacial score (nSPS) is 20.3. The molecule has 1 heterocycles. The van der Waals surface area contributed by atoms with Gasteiger partial charge in [0.15, 0.2) is 0 Å². The van der Waals surface area contributed by atoms with Gasteiger partial charge in [-0.15, -0.1) is 0 Å². The van der Waals surface area contributed by atoms with Gasteiger partial charge in [0.25, 0.3) is 0 Å². The number of nitrogens with zero attached hydrogens (tertiary/aromatic N) is 1. The summed E-state index contributed by atoms with van der Waals surface area (Å²) in [7, 11) is 1.21. The molecule has 0 bridgehead atoms. The lowest BCUT2D eigenvalue weighted by molar-refractivity contribution is -0.156. The van der Waals surface area contributed by atoms with E-state index in [0.717, 1.165) is 13.0 Å². The lowest BCUT2D eigenvalue weighted by Crippen LogP contribution is -2.60. The summed E-state index contributed by atoms with van der Waals surface area (Å²) in [5.41, 5.74) is -1.20. The Morgan fingerprint density at radius 2 is 1.95 bits per heavy atom. The van der Waals surface area contributed by atoms with Crippen molar-refractivity contribution in [1.29, 1.82) is 0 Å². The number of ether oxygens (including phenoxy) is 1. The van der Waals surface area contributed by atoms with Gasteiger partial charge in [0.2, 0.25) is 0 Å². The van der Waals surface area contributed by atoms with E-state index in [4.69, 9.17) is 0 Å². The van der Waals surface area contributed by atoms with Crippen LogP contribution >= 0.6 is 0 Å². The molecule has 1 fully saturated rings. The Balaban J connectivity index is 2.66. The number of alkyl halides is 3. The first-order valence-electron chi connectivity index (χ1n) is 6.45. The molecular formula is C12H21F3N2O2. The first kappa shape index (κ1) is 16.2. The van der Waals surface area contributed by atoms with E-state index in [1.54, 1.807) is 0 Å². The van der Waals surface area contributed by atoms with Gasteiger partial charge in [-0.25, -0.2) is 0 Å². The van der Waals surface area contributed by atoms with E-state index in [0.29, 0.717) is 25.9 Å². The molecule has 0 unspecified atom stereocenters. The molecule has 1 N–H and O–H groups in total. The highest BCUT2D eigenvalue weighted by molar-refractivity contribution is 5.81. The number of methoxy groups -OCH3 is 1. The molecule has 1 aliphatic heterocycles. The van der Waals surface area contributed by atoms with E-state index >= 15 is 0 Å². The van der Waals surface area contributed by atoms with Crippen LogP contribution < -0.4 is 5.32 Å². The number of hydrogen-bond donors (Lipinski definition) is 1. The Bertz CT molecular complexity index is 300. The number of halogens is 3. The van der Waals surface area contributed by atoms with Gasteiger partial charge in [0.05, 0.1) is 13.7 Å². The average molecular weight is 282 g/mol. The Labute approximate surface area is 111 Å². The first-order chi connectivity index (χ1) is 8.83. The maximum absolute atomic E-state index is 12.3. The smallest absolute Gasteiger partial charge is 0.401 e. The van der Waals surface area contributed by atoms with E-state index in [1.807, 2.05) is 6.92 Å². The fourth-order valence-electron chi connectivity index (χ4n) is 2.39. The number of carbonyl (C=O) groups is 1. The number of rotatable bonds is 5. The third kappa shape index (κ3) is 4.65. The SMILES string of the molecule is CCCN1CCC(NCC(F)(F)F)(C(=O)OC)CC1. The highest BCUT2D eigenvalue weighted by atomic mass is 19.4. The van der Waals surface area contributed by atoms with Crippen molar-refractivity contribution in [3.05, 3.63) is 0 Å². The maximum atomic E-state index is 12.3. The summed E-state index contributed by atoms with van der Waals surface area (Å²) in [4.78, 5) is 13.9. The minimum Gasteiger partial charge on any atom is -0.468 e. The molecule has 1 aliphatic rings. The Kier molecular flexibility index (Phi) is 5.61. The highest BCUT2D eigenvalue weighted by Gasteiger charge is 2.44. The zero-order valence-electron chi connectivity index (χ0n) is 11.3. The third-order valence-electron chi connectivity index (χ3n) is 3.45. The molecule has 19 heavy (non-hydrogen) atoms. The van der Waals surface area contributed by atoms with Crippen LogP contribution in [-0.2, 0) is 9.53 Å². The van der Waals surface area contributed by atoms with Crippen molar-refractivity contribution < 1.29 is 22.7 Å². The Hall–Kier alpha value is -0.820. The lowest BCUT2D eigenvalue weighted by Gasteiger charge is -2.40. The van der Waals surface area contributed by atoms with Crippen LogP contribution in [0.3, 0.4) is 0 Å². The Morgan fingerprint density at radius 3 is 2.37 bits per heavy atom. The molecule has 0 aromatic rings. The predicted molar refractivity (Wildman–Crippen MR) is 64.8 cm³/mol. The summed E-state index contributed by atoms with van der Waals surface area (Å²) < 4.78 is 41.6. The van der Waals surface area contributed by atoms with Gasteiger partial charge in [0, 0.05) is 13.1 Å². The summed E-state index contributed by atoms with van der Waals surface area (Å²) in [6.45, 7) is 2.98. The molecule has 1 rings (SSSR count). The second kappa shape index (κ2) is 6.56. The highest BCUT2D eigenvalue weighted by Crippen LogP contribution is 2.25. The zero-order valence-corrected chi connectivity index (χ0v) is 11.3. The van der Waals surface area contributed by atoms with Crippen LogP contribution in [0.25, 0.3) is 0 Å². The van der Waals surface area contributed by atoms with Gasteiger partial charge >= 0.3 is 12.1 Å². The van der Waals surface area contributed by atoms with Crippen molar-refractivity contribution in [2.75, 3.05) is 33.3 Å². The molecule has 0 spiro atoms. The van der Waals surface area contributed by atoms with Crippen molar-refractivity contribution in [2.45, 2.75) is 37.9 Å². The van der Waals surface area contributed by atoms with E-state index in [2.05, 4.69) is 15.0 Å². The monoisotopic (exact) mass is 282 g/mol. The summed E-state index contributed by atoms with van der Waals surface area (Å²) in [6.07, 6.45) is -2.66. The number of nitrogens with one attached hydrogen (secondary N) is 1. The second-order valence-corrected chi connectivity index (χ2v) is 4.88. The van der Waals surface area contributed by atoms with Crippen LogP contribution in [-0.4, -0.2) is 55.9 Å². The van der Waals surface area contributed by atoms with E-state index in [1.165, 1.54) is 7.11 Å². The largest absolute Gasteiger partial charge is 0.468 e. The van der Waals surface area contributed by atoms with Gasteiger partial charge in [0.1, 0.15) is 5.54 Å². The molecular weight excluding hydrogens is 261 g/mol. The molecule has 0 aromatic carbocycles. The molecule has 7 heteroatoms. The fourth-order valence-corrected chi connectivity index (χ4v) is 2.39. The summed E-state index contributed by atoms with van der Waals surface area (Å²) in [6, 6.07) is 0. The number of esters is 1. The molecule has 0 atom stereocenters. The number of hydrogen-bond acceptors (Lipinski definition) is 4. The zero-order chi connectivity index (χ0) is 14.5. The predicted octanol–water partition coefficient (Wildman–Crippen LogP) is 1.56. The van der Waals surface area contributed by atoms with Crippen LogP contribution in [0.1, 0.15) is 26.2 Å². The third-order valence-corrected chi connectivity index (χ3v) is 3.45. The van der Waals surface area contributed by atoms with Gasteiger partial charge in [-0.3, -0.25) is 10.1 Å². The first-order valence-corrected chi connectivity index (χ1v) is 6.45. The van der Waals surface area contributed by atoms with Crippen LogP contribution in [0.5, 0.6) is 0 Å². The standard InChI is InChI=1S/C12H21F3N2O2/c1-3-6-17-7-4-11(5-8-17,10(18)19-2)16-9-12(13,14)15/h16H,3-9H2,1-2H3. The van der Waals surface area contributed by atoms with Crippen LogP contribution in [0, 0.1) is 0 Å². The van der Waals surface area contributed by atoms with E-state index in [9.17, 15) is 18.0 Å². The van der Waals surface area contributed by atoms with E-state index in [-0.39, 0.29) is 0 Å². The van der Waals surface area contributed by atoms with Gasteiger partial charge < -0.3 is 9.64 Å². The topological polar surface area (TPSA) is 41.6 Å². The minimum atomic E-state index is -4.33.